The van der Waals surface area contributed by atoms with Gasteiger partial charge in [0, 0.05) is 5.69 Å². The van der Waals surface area contributed by atoms with E-state index < -0.39 is 23.3 Å². The number of nitrogens with one attached hydrogen (secondary N) is 2. The Morgan fingerprint density at radius 3 is 2.52 bits per heavy atom. The lowest BCUT2D eigenvalue weighted by molar-refractivity contribution is 0.0858. The number of rotatable bonds is 5. The minimum Gasteiger partial charge on any atom is -0.488 e. The van der Waals surface area contributed by atoms with E-state index in [9.17, 15) is 14.0 Å². The third-order valence-corrected chi connectivity index (χ3v) is 3.89. The van der Waals surface area contributed by atoms with E-state index in [4.69, 9.17) is 4.74 Å². The molecule has 6 heteroatoms. The summed E-state index contributed by atoms with van der Waals surface area (Å²) in [5, 5.41) is 2.82. The summed E-state index contributed by atoms with van der Waals surface area (Å²) < 4.78 is 19.2. The van der Waals surface area contributed by atoms with Gasteiger partial charge in [0.1, 0.15) is 12.2 Å². The molecule has 0 saturated carbocycles. The maximum Gasteiger partial charge on any atom is 0.260 e. The fourth-order valence-corrected chi connectivity index (χ4v) is 2.23. The third kappa shape index (κ3) is 4.92. The van der Waals surface area contributed by atoms with Gasteiger partial charge in [0.15, 0.2) is 11.6 Å². The van der Waals surface area contributed by atoms with Crippen molar-refractivity contribution in [3.63, 3.8) is 0 Å². The minimum absolute atomic E-state index is 0.0331. The Hall–Kier alpha value is -2.63. The largest absolute Gasteiger partial charge is 0.488 e. The molecule has 0 aliphatic rings. The Bertz CT molecular complexity index is 809. The monoisotopic (exact) mass is 346 g/mol. The molecular formula is C19H23FN2O3. The number of benzene rings is 1. The van der Waals surface area contributed by atoms with Crippen LogP contribution in [0, 0.1) is 18.2 Å². The molecule has 25 heavy (non-hydrogen) atoms. The van der Waals surface area contributed by atoms with Crippen LogP contribution in [-0.2, 0) is 0 Å². The molecule has 0 bridgehead atoms. The molecule has 2 N–H and O–H groups in total. The van der Waals surface area contributed by atoms with Crippen molar-refractivity contribution in [2.45, 2.75) is 33.7 Å². The topological polar surface area (TPSA) is 71.2 Å². The first kappa shape index (κ1) is 18.7. The minimum atomic E-state index is -0.488. The highest BCUT2D eigenvalue weighted by molar-refractivity contribution is 5.94. The number of amides is 1. The lowest BCUT2D eigenvalue weighted by atomic mass is 9.87. The van der Waals surface area contributed by atoms with Gasteiger partial charge in [0.05, 0.1) is 6.04 Å². The van der Waals surface area contributed by atoms with Crippen molar-refractivity contribution >= 4 is 5.91 Å². The quantitative estimate of drug-likeness (QED) is 0.874. The molecule has 2 rings (SSSR count). The molecule has 2 aromatic rings. The first-order valence-electron chi connectivity index (χ1n) is 8.06. The van der Waals surface area contributed by atoms with Crippen LogP contribution in [-0.4, -0.2) is 23.5 Å². The number of pyridine rings is 1. The molecule has 1 amide bonds. The summed E-state index contributed by atoms with van der Waals surface area (Å²) in [4.78, 5) is 27.0. The number of ether oxygens (including phenoxy) is 1. The van der Waals surface area contributed by atoms with Crippen LogP contribution < -0.4 is 15.6 Å². The van der Waals surface area contributed by atoms with E-state index in [1.54, 1.807) is 25.1 Å². The summed E-state index contributed by atoms with van der Waals surface area (Å²) in [5.74, 6) is -0.825. The lowest BCUT2D eigenvalue weighted by Gasteiger charge is -2.31. The van der Waals surface area contributed by atoms with Crippen molar-refractivity contribution < 1.29 is 13.9 Å². The molecule has 0 spiro atoms. The van der Waals surface area contributed by atoms with E-state index in [1.165, 1.54) is 18.2 Å². The number of hydrogen-bond donors (Lipinski definition) is 2. The van der Waals surface area contributed by atoms with Crippen LogP contribution in [0.4, 0.5) is 4.39 Å². The Kier molecular flexibility index (Phi) is 5.62. The van der Waals surface area contributed by atoms with Crippen molar-refractivity contribution in [3.05, 3.63) is 63.8 Å². The van der Waals surface area contributed by atoms with Gasteiger partial charge >= 0.3 is 0 Å². The van der Waals surface area contributed by atoms with Gasteiger partial charge in [-0.1, -0.05) is 32.9 Å². The molecule has 1 unspecified atom stereocenters. The molecule has 0 fully saturated rings. The molecule has 1 aromatic carbocycles. The lowest BCUT2D eigenvalue weighted by Crippen LogP contribution is -2.48. The van der Waals surface area contributed by atoms with Crippen molar-refractivity contribution in [2.24, 2.45) is 5.41 Å². The zero-order valence-electron chi connectivity index (χ0n) is 14.9. The van der Waals surface area contributed by atoms with Gasteiger partial charge in [-0.05, 0) is 36.6 Å². The highest BCUT2D eigenvalue weighted by atomic mass is 19.1. The van der Waals surface area contributed by atoms with Gasteiger partial charge in [-0.2, -0.15) is 0 Å². The zero-order chi connectivity index (χ0) is 18.6. The number of aromatic nitrogens is 1. The number of H-pyrrole nitrogens is 1. The molecular weight excluding hydrogens is 323 g/mol. The van der Waals surface area contributed by atoms with Crippen LogP contribution in [0.2, 0.25) is 0 Å². The Balaban J connectivity index is 2.14. The Labute approximate surface area is 146 Å². The summed E-state index contributed by atoms with van der Waals surface area (Å²) in [7, 11) is 0. The first-order valence-corrected chi connectivity index (χ1v) is 8.06. The molecule has 0 radical (unpaired) electrons. The van der Waals surface area contributed by atoms with E-state index in [1.807, 2.05) is 20.8 Å². The fraction of sp³-hybridized carbons (Fsp3) is 0.368. The van der Waals surface area contributed by atoms with Crippen LogP contribution in [0.15, 0.2) is 41.2 Å². The van der Waals surface area contributed by atoms with Gasteiger partial charge in [0.25, 0.3) is 11.5 Å². The maximum absolute atomic E-state index is 13.7. The van der Waals surface area contributed by atoms with Crippen molar-refractivity contribution in [1.82, 2.24) is 10.3 Å². The number of carbonyl (C=O) groups excluding carboxylic acids is 1. The molecule has 0 saturated heterocycles. The van der Waals surface area contributed by atoms with E-state index >= 15 is 0 Å². The molecule has 5 nitrogen and oxygen atoms in total. The predicted octanol–water partition coefficient (Wildman–Crippen LogP) is 3.05. The molecule has 1 heterocycles. The number of hydrogen-bond acceptors (Lipinski definition) is 3. The van der Waals surface area contributed by atoms with Gasteiger partial charge in [-0.15, -0.1) is 0 Å². The van der Waals surface area contributed by atoms with Gasteiger partial charge in [-0.3, -0.25) is 9.59 Å². The number of halogens is 1. The number of aromatic amines is 1. The van der Waals surface area contributed by atoms with Crippen molar-refractivity contribution in [1.29, 1.82) is 0 Å². The van der Waals surface area contributed by atoms with Gasteiger partial charge in [0.2, 0.25) is 0 Å². The highest BCUT2D eigenvalue weighted by Gasteiger charge is 2.28. The zero-order valence-corrected chi connectivity index (χ0v) is 14.9. The van der Waals surface area contributed by atoms with Gasteiger partial charge in [-0.25, -0.2) is 4.39 Å². The standard InChI is InChI=1S/C19H23FN2O3/c1-12-9-10-13(17(23)21-12)18(24)22-16(19(2,3)4)11-25-15-8-6-5-7-14(15)20/h5-10,16H,11H2,1-4H3,(H,21,23)(H,22,24). The van der Waals surface area contributed by atoms with Gasteiger partial charge < -0.3 is 15.0 Å². The van der Waals surface area contributed by atoms with Crippen LogP contribution >= 0.6 is 0 Å². The second-order valence-corrected chi connectivity index (χ2v) is 7.02. The average Bonchev–Trinajstić information content (AvgIpc) is 2.51. The third-order valence-electron chi connectivity index (χ3n) is 3.89. The summed E-state index contributed by atoms with van der Waals surface area (Å²) in [6.07, 6.45) is 0. The van der Waals surface area contributed by atoms with Crippen LogP contribution in [0.3, 0.4) is 0 Å². The molecule has 0 aliphatic carbocycles. The second-order valence-electron chi connectivity index (χ2n) is 7.02. The molecule has 1 aromatic heterocycles. The molecule has 134 valence electrons. The van der Waals surface area contributed by atoms with E-state index in [0.29, 0.717) is 5.69 Å². The predicted molar refractivity (Wildman–Crippen MR) is 94.4 cm³/mol. The summed E-state index contributed by atoms with van der Waals surface area (Å²) >= 11 is 0. The summed E-state index contributed by atoms with van der Waals surface area (Å²) in [6.45, 7) is 7.62. The molecule has 1 atom stereocenters. The highest BCUT2D eigenvalue weighted by Crippen LogP contribution is 2.22. The Morgan fingerprint density at radius 2 is 1.92 bits per heavy atom. The van der Waals surface area contributed by atoms with E-state index in [2.05, 4.69) is 10.3 Å². The van der Waals surface area contributed by atoms with Crippen LogP contribution in [0.5, 0.6) is 5.75 Å². The smallest absolute Gasteiger partial charge is 0.260 e. The van der Waals surface area contributed by atoms with Crippen molar-refractivity contribution in [2.75, 3.05) is 6.61 Å². The average molecular weight is 346 g/mol. The van der Waals surface area contributed by atoms with Crippen LogP contribution in [0.1, 0.15) is 36.8 Å². The second kappa shape index (κ2) is 7.51. The first-order chi connectivity index (χ1) is 11.7. The fourth-order valence-electron chi connectivity index (χ4n) is 2.23. The Morgan fingerprint density at radius 1 is 1.24 bits per heavy atom. The van der Waals surface area contributed by atoms with Crippen LogP contribution in [0.25, 0.3) is 0 Å². The van der Waals surface area contributed by atoms with E-state index in [-0.39, 0.29) is 23.3 Å². The maximum atomic E-state index is 13.7. The van der Waals surface area contributed by atoms with E-state index in [0.717, 1.165) is 0 Å². The molecule has 0 aliphatic heterocycles. The van der Waals surface area contributed by atoms with Crippen molar-refractivity contribution in [3.8, 4) is 5.75 Å². The summed E-state index contributed by atoms with van der Waals surface area (Å²) in [5.41, 5.74) is -0.0824. The number of aryl methyl sites for hydroxylation is 1. The summed E-state index contributed by atoms with van der Waals surface area (Å²) in [6, 6.07) is 8.83. The SMILES string of the molecule is Cc1ccc(C(=O)NC(COc2ccccc2F)C(C)(C)C)c(=O)[nH]1. The number of para-hydroxylation sites is 1. The number of carbonyl (C=O) groups is 1. The normalized spacial score (nSPS) is 12.5.